The van der Waals surface area contributed by atoms with E-state index in [1.807, 2.05) is 0 Å². The van der Waals surface area contributed by atoms with Gasteiger partial charge in [0, 0.05) is 18.5 Å². The summed E-state index contributed by atoms with van der Waals surface area (Å²) in [6, 6.07) is 6.17. The normalized spacial score (nSPS) is 24.1. The molecule has 31 heavy (non-hydrogen) atoms. The number of rotatable bonds is 4. The molecule has 1 saturated carbocycles. The Morgan fingerprint density at radius 2 is 1.90 bits per heavy atom. The van der Waals surface area contributed by atoms with Gasteiger partial charge in [-0.2, -0.15) is 8.42 Å². The summed E-state index contributed by atoms with van der Waals surface area (Å²) in [4.78, 5) is 11.5. The smallest absolute Gasteiger partial charge is 0.326 e. The zero-order valence-electron chi connectivity index (χ0n) is 16.3. The molecule has 166 valence electrons. The van der Waals surface area contributed by atoms with Crippen molar-refractivity contribution in [3.63, 3.8) is 0 Å². The highest BCUT2D eigenvalue weighted by atomic mass is 32.2. The molecule has 2 heterocycles. The molecule has 2 aliphatic heterocycles. The van der Waals surface area contributed by atoms with Gasteiger partial charge in [-0.05, 0) is 48.3 Å². The van der Waals surface area contributed by atoms with Gasteiger partial charge in [-0.1, -0.05) is 12.1 Å². The number of amides is 1. The summed E-state index contributed by atoms with van der Waals surface area (Å²) in [6.45, 7) is 0.0924. The molecule has 0 spiro atoms. The molecule has 0 bridgehead atoms. The molecular weight excluding hydrogens is 449 g/mol. The highest BCUT2D eigenvalue weighted by molar-refractivity contribution is 7.92. The summed E-state index contributed by atoms with van der Waals surface area (Å²) in [5, 5.41) is 10.4. The van der Waals surface area contributed by atoms with Crippen molar-refractivity contribution in [3.8, 4) is 5.75 Å². The van der Waals surface area contributed by atoms with Gasteiger partial charge in [-0.3, -0.25) is 4.79 Å². The lowest BCUT2D eigenvalue weighted by Gasteiger charge is -2.19. The largest absolute Gasteiger partial charge is 0.506 e. The second-order valence-corrected chi connectivity index (χ2v) is 12.0. The van der Waals surface area contributed by atoms with Crippen LogP contribution in [0.3, 0.4) is 0 Å². The fourth-order valence-electron chi connectivity index (χ4n) is 4.29. The summed E-state index contributed by atoms with van der Waals surface area (Å²) >= 11 is 0. The van der Waals surface area contributed by atoms with Crippen molar-refractivity contribution in [1.82, 2.24) is 9.03 Å². The Bertz CT molecular complexity index is 1320. The fraction of sp³-hybridized carbons (Fsp3) is 0.421. The van der Waals surface area contributed by atoms with Gasteiger partial charge in [0.15, 0.2) is 5.82 Å². The van der Waals surface area contributed by atoms with E-state index in [-0.39, 0.29) is 16.6 Å². The third-order valence-corrected chi connectivity index (χ3v) is 9.80. The van der Waals surface area contributed by atoms with Crippen LogP contribution in [0.2, 0.25) is 0 Å². The molecule has 3 aliphatic rings. The van der Waals surface area contributed by atoms with Crippen LogP contribution in [-0.2, 0) is 25.0 Å². The predicted molar refractivity (Wildman–Crippen MR) is 111 cm³/mol. The SMILES string of the molecule is O=C1CN(c2c(O)cc3ccc(C4CCN(S(=O)(=O)C5CC5)C4)cc3c2F)S(=O)(=O)N1. The zero-order valence-corrected chi connectivity index (χ0v) is 17.9. The minimum Gasteiger partial charge on any atom is -0.506 e. The molecular formula is C19H20FN3O6S2. The first-order chi connectivity index (χ1) is 14.6. The quantitative estimate of drug-likeness (QED) is 0.692. The van der Waals surface area contributed by atoms with Crippen LogP contribution in [-0.4, -0.2) is 57.0 Å². The lowest BCUT2D eigenvalue weighted by atomic mass is 9.95. The average molecular weight is 470 g/mol. The van der Waals surface area contributed by atoms with Crippen molar-refractivity contribution in [1.29, 1.82) is 0 Å². The molecule has 2 saturated heterocycles. The van der Waals surface area contributed by atoms with Crippen LogP contribution in [0.1, 0.15) is 30.7 Å². The van der Waals surface area contributed by atoms with E-state index in [1.54, 1.807) is 22.9 Å². The van der Waals surface area contributed by atoms with Crippen molar-refractivity contribution in [2.45, 2.75) is 30.4 Å². The van der Waals surface area contributed by atoms with Gasteiger partial charge in [-0.25, -0.2) is 26.1 Å². The van der Waals surface area contributed by atoms with Crippen molar-refractivity contribution in [2.24, 2.45) is 0 Å². The second-order valence-electron chi connectivity index (χ2n) is 8.16. The Labute approximate surface area is 178 Å². The van der Waals surface area contributed by atoms with Gasteiger partial charge in [0.1, 0.15) is 18.0 Å². The molecule has 0 aromatic heterocycles. The number of phenols is 1. The van der Waals surface area contributed by atoms with Crippen molar-refractivity contribution in [2.75, 3.05) is 23.9 Å². The van der Waals surface area contributed by atoms with Gasteiger partial charge in [0.25, 0.3) is 5.91 Å². The zero-order chi connectivity index (χ0) is 22.1. The van der Waals surface area contributed by atoms with Crippen molar-refractivity contribution < 1.29 is 31.1 Å². The molecule has 1 unspecified atom stereocenters. The van der Waals surface area contributed by atoms with Crippen LogP contribution in [0.5, 0.6) is 5.75 Å². The maximum atomic E-state index is 15.4. The number of carbonyl (C=O) groups is 1. The Balaban J connectivity index is 1.52. The first-order valence-electron chi connectivity index (χ1n) is 9.85. The minimum absolute atomic E-state index is 0.0864. The van der Waals surface area contributed by atoms with E-state index in [0.717, 1.165) is 5.56 Å². The maximum Gasteiger partial charge on any atom is 0.326 e. The van der Waals surface area contributed by atoms with Crippen LogP contribution < -0.4 is 9.03 Å². The van der Waals surface area contributed by atoms with Crippen LogP contribution in [0, 0.1) is 5.82 Å². The Kier molecular flexibility index (Phi) is 4.47. The Morgan fingerprint density at radius 3 is 2.55 bits per heavy atom. The number of hydrogen-bond acceptors (Lipinski definition) is 6. The predicted octanol–water partition coefficient (Wildman–Crippen LogP) is 1.15. The molecule has 1 amide bonds. The molecule has 2 N–H and O–H groups in total. The number of nitrogens with one attached hydrogen (secondary N) is 1. The van der Waals surface area contributed by atoms with Gasteiger partial charge in [0.2, 0.25) is 10.0 Å². The molecule has 2 aromatic rings. The number of hydrogen-bond donors (Lipinski definition) is 2. The number of aromatic hydroxyl groups is 1. The summed E-state index contributed by atoms with van der Waals surface area (Å²) in [6.07, 6.45) is 1.98. The summed E-state index contributed by atoms with van der Waals surface area (Å²) in [7, 11) is -7.58. The minimum atomic E-state index is -4.29. The van der Waals surface area contributed by atoms with E-state index in [2.05, 4.69) is 0 Å². The molecule has 9 nitrogen and oxygen atoms in total. The summed E-state index contributed by atoms with van der Waals surface area (Å²) in [5.41, 5.74) is 0.141. The first kappa shape index (κ1) is 20.5. The van der Waals surface area contributed by atoms with Gasteiger partial charge in [-0.15, -0.1) is 0 Å². The average Bonchev–Trinajstić information content (AvgIpc) is 3.37. The molecule has 1 aliphatic carbocycles. The number of fused-ring (bicyclic) bond motifs is 1. The van der Waals surface area contributed by atoms with Gasteiger partial charge in [0.05, 0.1) is 5.25 Å². The monoisotopic (exact) mass is 469 g/mol. The highest BCUT2D eigenvalue weighted by Gasteiger charge is 2.43. The Hall–Kier alpha value is -2.44. The Morgan fingerprint density at radius 1 is 1.16 bits per heavy atom. The highest BCUT2D eigenvalue weighted by Crippen LogP contribution is 2.41. The molecule has 5 rings (SSSR count). The van der Waals surface area contributed by atoms with E-state index in [9.17, 15) is 26.7 Å². The fourth-order valence-corrected chi connectivity index (χ4v) is 7.36. The topological polar surface area (TPSA) is 124 Å². The van der Waals surface area contributed by atoms with Crippen molar-refractivity contribution in [3.05, 3.63) is 35.6 Å². The number of halogens is 1. The first-order valence-corrected chi connectivity index (χ1v) is 12.8. The van der Waals surface area contributed by atoms with E-state index in [4.69, 9.17) is 0 Å². The molecule has 2 aromatic carbocycles. The van der Waals surface area contributed by atoms with Gasteiger partial charge < -0.3 is 5.11 Å². The maximum absolute atomic E-state index is 15.4. The lowest BCUT2D eigenvalue weighted by Crippen LogP contribution is -2.31. The van der Waals surface area contributed by atoms with Gasteiger partial charge >= 0.3 is 10.2 Å². The number of carbonyl (C=O) groups excluding carboxylic acids is 1. The standard InChI is InChI=1S/C19H20FN3O6S2/c20-18-15-7-11(13-5-6-22(9-13)30(26,27)14-3-4-14)1-2-12(15)8-16(24)19(18)23-10-17(25)21-31(23,28)29/h1-2,7-8,13-14,24H,3-6,9-10H2,(H,21,25). The molecule has 12 heteroatoms. The number of nitrogens with zero attached hydrogens (tertiary/aromatic N) is 2. The van der Waals surface area contributed by atoms with E-state index in [1.165, 1.54) is 10.4 Å². The third-order valence-electron chi connectivity index (χ3n) is 6.05. The summed E-state index contributed by atoms with van der Waals surface area (Å²) in [5.74, 6) is -2.50. The number of phenolic OH excluding ortho intramolecular Hbond substituents is 1. The molecule has 3 fully saturated rings. The van der Waals surface area contributed by atoms with Crippen LogP contribution in [0.15, 0.2) is 24.3 Å². The van der Waals surface area contributed by atoms with Crippen LogP contribution in [0.25, 0.3) is 10.8 Å². The number of benzene rings is 2. The lowest BCUT2D eigenvalue weighted by molar-refractivity contribution is -0.117. The second kappa shape index (κ2) is 6.78. The van der Waals surface area contributed by atoms with Crippen molar-refractivity contribution >= 4 is 42.6 Å². The number of sulfonamides is 1. The van der Waals surface area contributed by atoms with E-state index < -0.39 is 49.9 Å². The van der Waals surface area contributed by atoms with E-state index in [0.29, 0.717) is 42.0 Å². The van der Waals surface area contributed by atoms with E-state index >= 15 is 4.39 Å². The summed E-state index contributed by atoms with van der Waals surface area (Å²) < 4.78 is 68.4. The van der Waals surface area contributed by atoms with Crippen LogP contribution in [0.4, 0.5) is 10.1 Å². The number of anilines is 1. The molecule has 1 atom stereocenters. The third kappa shape index (κ3) is 3.33. The molecule has 0 radical (unpaired) electrons. The van der Waals surface area contributed by atoms with Crippen LogP contribution >= 0.6 is 0 Å².